The fourth-order valence-electron chi connectivity index (χ4n) is 1.80. The van der Waals surface area contributed by atoms with Crippen LogP contribution in [0.1, 0.15) is 27.7 Å². The van der Waals surface area contributed by atoms with Crippen LogP contribution < -0.4 is 5.46 Å². The van der Waals surface area contributed by atoms with Gasteiger partial charge in [-0.3, -0.25) is 0 Å². The SMILES string of the molecule is CC1(C)OB(c2cc(N=C=O)ccc2F)OC1(C)C. The van der Waals surface area contributed by atoms with Gasteiger partial charge in [0.25, 0.3) is 0 Å². The highest BCUT2D eigenvalue weighted by Crippen LogP contribution is 2.36. The summed E-state index contributed by atoms with van der Waals surface area (Å²) in [5, 5.41) is 0. The predicted octanol–water partition coefficient (Wildman–Crippen LogP) is 2.09. The Morgan fingerprint density at radius 1 is 1.21 bits per heavy atom. The average Bonchev–Trinajstić information content (AvgIpc) is 2.51. The summed E-state index contributed by atoms with van der Waals surface area (Å²) in [4.78, 5) is 13.7. The van der Waals surface area contributed by atoms with Crippen molar-refractivity contribution in [3.05, 3.63) is 24.0 Å². The van der Waals surface area contributed by atoms with E-state index in [0.717, 1.165) is 0 Å². The van der Waals surface area contributed by atoms with Gasteiger partial charge in [0.2, 0.25) is 6.08 Å². The van der Waals surface area contributed by atoms with Crippen LogP contribution >= 0.6 is 0 Å². The third kappa shape index (κ3) is 2.47. The lowest BCUT2D eigenvalue weighted by molar-refractivity contribution is 0.00578. The van der Waals surface area contributed by atoms with E-state index in [-0.39, 0.29) is 5.46 Å². The van der Waals surface area contributed by atoms with Crippen molar-refractivity contribution in [2.75, 3.05) is 0 Å². The number of nitrogens with zero attached hydrogens (tertiary/aromatic N) is 1. The molecule has 0 amide bonds. The maximum atomic E-state index is 13.9. The zero-order valence-corrected chi connectivity index (χ0v) is 11.4. The van der Waals surface area contributed by atoms with Gasteiger partial charge in [0.1, 0.15) is 5.82 Å². The van der Waals surface area contributed by atoms with Gasteiger partial charge in [0.15, 0.2) is 0 Å². The number of carbonyl (C=O) groups excluding carboxylic acids is 1. The highest BCUT2D eigenvalue weighted by atomic mass is 19.1. The smallest absolute Gasteiger partial charge is 0.399 e. The molecule has 1 fully saturated rings. The van der Waals surface area contributed by atoms with Gasteiger partial charge < -0.3 is 9.31 Å². The second-order valence-corrected chi connectivity index (χ2v) is 5.50. The van der Waals surface area contributed by atoms with Crippen LogP contribution in [-0.2, 0) is 14.1 Å². The van der Waals surface area contributed by atoms with Gasteiger partial charge >= 0.3 is 7.12 Å². The Balaban J connectivity index is 2.38. The van der Waals surface area contributed by atoms with Crippen molar-refractivity contribution >= 4 is 24.3 Å². The topological polar surface area (TPSA) is 47.9 Å². The van der Waals surface area contributed by atoms with E-state index in [1.807, 2.05) is 27.7 Å². The Morgan fingerprint density at radius 3 is 2.32 bits per heavy atom. The molecule has 1 aliphatic heterocycles. The first-order valence-electron chi connectivity index (χ1n) is 6.00. The van der Waals surface area contributed by atoms with Gasteiger partial charge in [0.05, 0.1) is 16.9 Å². The minimum absolute atomic E-state index is 0.232. The van der Waals surface area contributed by atoms with E-state index in [9.17, 15) is 9.18 Å². The van der Waals surface area contributed by atoms with Crippen molar-refractivity contribution in [2.45, 2.75) is 38.9 Å². The number of benzene rings is 1. The molecule has 2 rings (SSSR count). The number of hydrogen-bond acceptors (Lipinski definition) is 4. The number of aliphatic imine (C=N–C) groups is 1. The summed E-state index contributed by atoms with van der Waals surface area (Å²) in [6.07, 6.45) is 1.42. The van der Waals surface area contributed by atoms with Crippen LogP contribution in [0.15, 0.2) is 23.2 Å². The average molecular weight is 263 g/mol. The Labute approximate surface area is 111 Å². The van der Waals surface area contributed by atoms with Crippen molar-refractivity contribution < 1.29 is 18.5 Å². The second-order valence-electron chi connectivity index (χ2n) is 5.50. The van der Waals surface area contributed by atoms with E-state index in [2.05, 4.69) is 4.99 Å². The first-order chi connectivity index (χ1) is 8.77. The van der Waals surface area contributed by atoms with E-state index in [1.54, 1.807) is 0 Å². The molecule has 6 heteroatoms. The fourth-order valence-corrected chi connectivity index (χ4v) is 1.80. The largest absolute Gasteiger partial charge is 0.497 e. The van der Waals surface area contributed by atoms with Crippen molar-refractivity contribution in [2.24, 2.45) is 4.99 Å². The zero-order valence-electron chi connectivity index (χ0n) is 11.4. The van der Waals surface area contributed by atoms with Crippen LogP contribution in [0.3, 0.4) is 0 Å². The monoisotopic (exact) mass is 263 g/mol. The molecule has 1 saturated heterocycles. The van der Waals surface area contributed by atoms with E-state index < -0.39 is 24.1 Å². The minimum atomic E-state index is -0.813. The Hall–Kier alpha value is -1.49. The lowest BCUT2D eigenvalue weighted by atomic mass is 9.78. The molecule has 1 aromatic carbocycles. The van der Waals surface area contributed by atoms with Crippen molar-refractivity contribution in [1.82, 2.24) is 0 Å². The maximum Gasteiger partial charge on any atom is 0.497 e. The summed E-state index contributed by atoms with van der Waals surface area (Å²) in [7, 11) is -0.813. The van der Waals surface area contributed by atoms with Crippen LogP contribution in [0, 0.1) is 5.82 Å². The van der Waals surface area contributed by atoms with Crippen LogP contribution in [-0.4, -0.2) is 24.4 Å². The molecule has 0 unspecified atom stereocenters. The van der Waals surface area contributed by atoms with E-state index in [1.165, 1.54) is 24.3 Å². The molecule has 4 nitrogen and oxygen atoms in total. The summed E-state index contributed by atoms with van der Waals surface area (Å²) in [6, 6.07) is 4.06. The van der Waals surface area contributed by atoms with Gasteiger partial charge in [-0.1, -0.05) is 0 Å². The molecule has 100 valence electrons. The standard InChI is InChI=1S/C13H15BFNO3/c1-12(2)13(3,4)19-14(18-12)10-7-9(16-8-17)5-6-11(10)15/h5-7H,1-4H3. The van der Waals surface area contributed by atoms with Crippen LogP contribution in [0.5, 0.6) is 0 Å². The summed E-state index contributed by atoms with van der Waals surface area (Å²) in [5.41, 5.74) is -0.543. The highest BCUT2D eigenvalue weighted by molar-refractivity contribution is 6.62. The summed E-state index contributed by atoms with van der Waals surface area (Å²) in [6.45, 7) is 7.55. The third-order valence-electron chi connectivity index (χ3n) is 3.66. The van der Waals surface area contributed by atoms with Gasteiger partial charge in [-0.25, -0.2) is 9.18 Å². The van der Waals surface area contributed by atoms with Gasteiger partial charge in [-0.05, 0) is 45.9 Å². The second kappa shape index (κ2) is 4.56. The van der Waals surface area contributed by atoms with Crippen LogP contribution in [0.4, 0.5) is 10.1 Å². The molecule has 0 saturated carbocycles. The number of hydrogen-bond donors (Lipinski definition) is 0. The maximum absolute atomic E-state index is 13.9. The summed E-state index contributed by atoms with van der Waals surface area (Å²) >= 11 is 0. The molecular formula is C13H15BFNO3. The summed E-state index contributed by atoms with van der Waals surface area (Å²) in [5.74, 6) is -0.455. The Morgan fingerprint density at radius 2 is 1.79 bits per heavy atom. The lowest BCUT2D eigenvalue weighted by Gasteiger charge is -2.32. The number of rotatable bonds is 2. The zero-order chi connectivity index (χ0) is 14.3. The molecule has 1 aromatic rings. The van der Waals surface area contributed by atoms with Crippen LogP contribution in [0.2, 0.25) is 0 Å². The van der Waals surface area contributed by atoms with E-state index in [0.29, 0.717) is 5.69 Å². The number of halogens is 1. The van der Waals surface area contributed by atoms with Gasteiger partial charge in [0, 0.05) is 5.46 Å². The molecule has 0 radical (unpaired) electrons. The molecule has 1 heterocycles. The molecule has 0 atom stereocenters. The molecule has 0 aliphatic carbocycles. The molecule has 1 aliphatic rings. The van der Waals surface area contributed by atoms with Gasteiger partial charge in [-0.15, -0.1) is 0 Å². The Bertz CT molecular complexity index is 537. The van der Waals surface area contributed by atoms with Crippen molar-refractivity contribution in [3.8, 4) is 0 Å². The first-order valence-corrected chi connectivity index (χ1v) is 6.00. The minimum Gasteiger partial charge on any atom is -0.399 e. The summed E-state index contributed by atoms with van der Waals surface area (Å²) < 4.78 is 25.4. The van der Waals surface area contributed by atoms with Crippen molar-refractivity contribution in [1.29, 1.82) is 0 Å². The lowest BCUT2D eigenvalue weighted by Crippen LogP contribution is -2.41. The first kappa shape index (κ1) is 13.9. The van der Waals surface area contributed by atoms with E-state index in [4.69, 9.17) is 9.31 Å². The third-order valence-corrected chi connectivity index (χ3v) is 3.66. The van der Waals surface area contributed by atoms with Gasteiger partial charge in [-0.2, -0.15) is 4.99 Å². The van der Waals surface area contributed by atoms with Crippen molar-refractivity contribution in [3.63, 3.8) is 0 Å². The quantitative estimate of drug-likeness (QED) is 0.466. The molecule has 0 bridgehead atoms. The fraction of sp³-hybridized carbons (Fsp3) is 0.462. The normalized spacial score (nSPS) is 20.2. The molecule has 19 heavy (non-hydrogen) atoms. The molecule has 0 aromatic heterocycles. The predicted molar refractivity (Wildman–Crippen MR) is 69.9 cm³/mol. The molecular weight excluding hydrogens is 248 g/mol. The molecule has 0 N–H and O–H groups in total. The highest BCUT2D eigenvalue weighted by Gasteiger charge is 2.52. The van der Waals surface area contributed by atoms with Crippen LogP contribution in [0.25, 0.3) is 0 Å². The molecule has 0 spiro atoms. The number of isocyanates is 1. The Kier molecular flexibility index (Phi) is 3.35. The van der Waals surface area contributed by atoms with E-state index >= 15 is 0 Å².